The van der Waals surface area contributed by atoms with Crippen molar-refractivity contribution in [1.82, 2.24) is 0 Å². The van der Waals surface area contributed by atoms with Crippen LogP contribution in [0.5, 0.6) is 23.0 Å². The van der Waals surface area contributed by atoms with E-state index in [1.165, 1.54) is 86.6 Å². The van der Waals surface area contributed by atoms with Crippen LogP contribution in [0.25, 0.3) is 22.3 Å². The van der Waals surface area contributed by atoms with Crippen LogP contribution in [0, 0.1) is 0 Å². The summed E-state index contributed by atoms with van der Waals surface area (Å²) in [5.41, 5.74) is 1.03. The van der Waals surface area contributed by atoms with Crippen molar-refractivity contribution in [3.8, 4) is 45.3 Å². The van der Waals surface area contributed by atoms with Crippen LogP contribution in [-0.2, 0) is 25.4 Å². The molecule has 0 spiro atoms. The molecule has 1 unspecified atom stereocenters. The number of benzene rings is 3. The Kier molecular flexibility index (Phi) is 20.5. The summed E-state index contributed by atoms with van der Waals surface area (Å²) in [6, 6.07) is 11.4. The lowest BCUT2D eigenvalue weighted by molar-refractivity contribution is -0.137. The summed E-state index contributed by atoms with van der Waals surface area (Å²) in [4.78, 5) is 44.4. The number of methoxy groups -OCH3 is 1. The Hall–Kier alpha value is -4.97. The molecule has 3 aromatic carbocycles. The maximum Gasteiger partial charge on any atom is 0.417 e. The van der Waals surface area contributed by atoms with Gasteiger partial charge < -0.3 is 18.9 Å². The Bertz CT molecular complexity index is 1710. The van der Waals surface area contributed by atoms with Crippen LogP contribution in [-0.4, -0.2) is 31.8 Å². The maximum absolute atomic E-state index is 14.3. The summed E-state index contributed by atoms with van der Waals surface area (Å²) >= 11 is 1.17. The number of ether oxygens (including phenoxy) is 4. The van der Waals surface area contributed by atoms with Crippen molar-refractivity contribution < 1.29 is 51.3 Å². The van der Waals surface area contributed by atoms with Crippen LogP contribution in [0.2, 0.25) is 0 Å². The highest BCUT2D eigenvalue weighted by molar-refractivity contribution is 8.42. The zero-order valence-corrected chi connectivity index (χ0v) is 31.1. The fraction of sp³-hybridized carbons (Fsp3) is 0.189. The van der Waals surface area contributed by atoms with Gasteiger partial charge in [-0.15, -0.1) is 6.58 Å². The predicted octanol–water partition coefficient (Wildman–Crippen LogP) is 9.27. The van der Waals surface area contributed by atoms with E-state index in [4.69, 9.17) is 24.1 Å². The molecule has 0 aliphatic heterocycles. The van der Waals surface area contributed by atoms with Crippen molar-refractivity contribution in [3.05, 3.63) is 109 Å². The second-order valence-electron chi connectivity index (χ2n) is 10.7. The van der Waals surface area contributed by atoms with E-state index in [-0.39, 0.29) is 62.9 Å². The van der Waals surface area contributed by atoms with Gasteiger partial charge in [-0.25, -0.2) is 9.59 Å². The van der Waals surface area contributed by atoms with E-state index in [2.05, 4.69) is 34.8 Å². The van der Waals surface area contributed by atoms with Crippen molar-refractivity contribution in [2.45, 2.75) is 40.8 Å². The molecular weight excluding hydrogens is 706 g/mol. The van der Waals surface area contributed by atoms with Crippen molar-refractivity contribution in [3.63, 3.8) is 0 Å². The molecule has 3 rings (SSSR count). The molecule has 274 valence electrons. The molecular formula is C37H41F3NO8PS. The molecule has 2 N–H and O–H groups in total. The van der Waals surface area contributed by atoms with Gasteiger partial charge in [-0.2, -0.15) is 13.2 Å². The van der Waals surface area contributed by atoms with Crippen LogP contribution >= 0.6 is 20.0 Å². The van der Waals surface area contributed by atoms with E-state index in [1.807, 2.05) is 13.8 Å². The quantitative estimate of drug-likeness (QED) is 0.0407. The van der Waals surface area contributed by atoms with Gasteiger partial charge in [0.15, 0.2) is 0 Å². The number of carbonyl (C=O) groups is 4. The number of alkyl halides is 3. The molecule has 0 bridgehead atoms. The van der Waals surface area contributed by atoms with Gasteiger partial charge in [0.2, 0.25) is 0 Å². The molecule has 0 fully saturated rings. The zero-order chi connectivity index (χ0) is 39.5. The summed E-state index contributed by atoms with van der Waals surface area (Å²) in [5.74, 6) is -1.54. The van der Waals surface area contributed by atoms with Crippen LogP contribution in [0.1, 0.15) is 40.2 Å². The molecule has 1 atom stereocenters. The second kappa shape index (κ2) is 22.7. The van der Waals surface area contributed by atoms with Gasteiger partial charge in [-0.3, -0.25) is 14.7 Å². The Morgan fingerprint density at radius 2 is 1.16 bits per heavy atom. The van der Waals surface area contributed by atoms with Crippen molar-refractivity contribution in [2.24, 2.45) is 5.14 Å². The summed E-state index contributed by atoms with van der Waals surface area (Å²) < 4.78 is 63.2. The first-order valence-electron chi connectivity index (χ1n) is 14.4. The normalized spacial score (nSPS) is 9.78. The third kappa shape index (κ3) is 17.5. The van der Waals surface area contributed by atoms with Gasteiger partial charge in [0.25, 0.3) is 6.47 Å². The second-order valence-corrected chi connectivity index (χ2v) is 11.8. The Labute approximate surface area is 302 Å². The number of carbonyl (C=O) groups excluding carboxylic acids is 4. The number of allylic oxidation sites excluding steroid dienone is 2. The third-order valence-corrected chi connectivity index (χ3v) is 5.47. The first kappa shape index (κ1) is 46.0. The molecule has 0 saturated carbocycles. The van der Waals surface area contributed by atoms with E-state index >= 15 is 0 Å². The Morgan fingerprint density at radius 1 is 0.745 bits per heavy atom. The van der Waals surface area contributed by atoms with Gasteiger partial charge >= 0.3 is 18.1 Å². The molecule has 51 heavy (non-hydrogen) atoms. The summed E-state index contributed by atoms with van der Waals surface area (Å²) in [6.07, 6.45) is -4.07. The van der Waals surface area contributed by atoms with Gasteiger partial charge in [0.1, 0.15) is 29.3 Å². The van der Waals surface area contributed by atoms with Gasteiger partial charge in [0.05, 0.1) is 12.7 Å². The average molecular weight is 748 g/mol. The van der Waals surface area contributed by atoms with Crippen molar-refractivity contribution in [1.29, 1.82) is 0 Å². The van der Waals surface area contributed by atoms with E-state index < -0.39 is 23.7 Å². The molecule has 9 nitrogen and oxygen atoms in total. The van der Waals surface area contributed by atoms with Gasteiger partial charge in [0, 0.05) is 23.3 Å². The lowest BCUT2D eigenvalue weighted by atomic mass is 9.94. The highest BCUT2D eigenvalue weighted by Crippen LogP contribution is 2.42. The van der Waals surface area contributed by atoms with Crippen molar-refractivity contribution in [2.75, 3.05) is 7.11 Å². The molecule has 3 aromatic rings. The number of hydrogen-bond donors (Lipinski definition) is 1. The summed E-state index contributed by atoms with van der Waals surface area (Å²) in [7, 11) is 3.60. The molecule has 0 aliphatic carbocycles. The molecule has 0 aromatic heterocycles. The first-order chi connectivity index (χ1) is 23.7. The standard InChI is InChI=1S/C29H23F3O7.C4H6O.C4H8.H4NPS/c1-16(2)27(34)38-23-8-19(9-24(14-23)39-28(35)17(3)4)18-6-7-25(26(12-18)29(30,31)32)20-10-21(36-5)13-22(11-20)37-15-33;1-4(2)3-5;1-4(2)3;1-3-2/h6-15H,1,3H2,2,4-5H3;3H,1H2,2H3;1H2,2-3H3;1-2H2. The van der Waals surface area contributed by atoms with Gasteiger partial charge in [-0.1, -0.05) is 57.5 Å². The first-order valence-corrected chi connectivity index (χ1v) is 16.8. The van der Waals surface area contributed by atoms with Crippen LogP contribution in [0.3, 0.4) is 0 Å². The average Bonchev–Trinajstić information content (AvgIpc) is 3.04. The topological polar surface area (TPSA) is 131 Å². The van der Waals surface area contributed by atoms with Crippen LogP contribution < -0.4 is 24.1 Å². The van der Waals surface area contributed by atoms with E-state index in [1.54, 1.807) is 6.92 Å². The minimum absolute atomic E-state index is 0.00690. The molecule has 0 aliphatic rings. The number of esters is 2. The SMILES string of the molecule is C=C(C)C.C=C(C)C(=O)Oc1cc(OC(=O)C(=C)C)cc(-c2ccc(-c3cc(OC)cc(OC=O)c3)c(C(F)(F)F)c2)c1.C=C(C)C=O.NSP. The third-order valence-electron chi connectivity index (χ3n) is 5.47. The van der Waals surface area contributed by atoms with Gasteiger partial charge in [-0.05, 0) is 92.8 Å². The number of halogens is 3. The highest BCUT2D eigenvalue weighted by Gasteiger charge is 2.34. The van der Waals surface area contributed by atoms with E-state index in [0.717, 1.165) is 12.4 Å². The van der Waals surface area contributed by atoms with E-state index in [0.29, 0.717) is 5.57 Å². The molecule has 14 heteroatoms. The van der Waals surface area contributed by atoms with Crippen molar-refractivity contribution >= 4 is 44.7 Å². The molecule has 0 heterocycles. The number of aldehydes is 1. The fourth-order valence-corrected chi connectivity index (χ4v) is 3.42. The lowest BCUT2D eigenvalue weighted by Gasteiger charge is -2.17. The molecule has 0 saturated heterocycles. The minimum atomic E-state index is -4.79. The zero-order valence-electron chi connectivity index (χ0n) is 29.1. The van der Waals surface area contributed by atoms with Crippen LogP contribution in [0.15, 0.2) is 103 Å². The highest BCUT2D eigenvalue weighted by atomic mass is 32.7. The maximum atomic E-state index is 14.3. The lowest BCUT2D eigenvalue weighted by Crippen LogP contribution is -2.11. The number of hydrogen-bond acceptors (Lipinski definition) is 10. The summed E-state index contributed by atoms with van der Waals surface area (Å²) in [6.45, 7) is 22.5. The fourth-order valence-electron chi connectivity index (χ4n) is 3.42. The largest absolute Gasteiger partial charge is 0.497 e. The number of rotatable bonds is 10. The number of nitrogens with two attached hydrogens (primary N) is 1. The molecule has 0 amide bonds. The minimum Gasteiger partial charge on any atom is -0.497 e. The Balaban J connectivity index is 0.00000180. The Morgan fingerprint density at radius 3 is 1.53 bits per heavy atom. The van der Waals surface area contributed by atoms with E-state index in [9.17, 15) is 32.3 Å². The predicted molar refractivity (Wildman–Crippen MR) is 199 cm³/mol. The van der Waals surface area contributed by atoms with Crippen LogP contribution in [0.4, 0.5) is 13.2 Å². The molecule has 0 radical (unpaired) electrons. The smallest absolute Gasteiger partial charge is 0.417 e. The monoisotopic (exact) mass is 747 g/mol. The summed E-state index contributed by atoms with van der Waals surface area (Å²) in [5, 5.41) is 4.73.